The standard InChI is InChI=1S/C23H20N6O5/c1-13-9-14(10-16-19(13)27-21(30)33-16)32-18-11-17(25-12-26-18)29-7-4-23(5-8-29)15-3-2-6-24-20(15)28-22(31)34-23/h2-3,6,9-12H,4-5,7-8H2,1H3,(H,27,30)(H,24,28,31). The number of hydrogen-bond acceptors (Lipinski definition) is 9. The molecule has 3 aromatic heterocycles. The molecule has 1 spiro atoms. The van der Waals surface area contributed by atoms with Crippen LogP contribution in [0.2, 0.25) is 0 Å². The number of piperidine rings is 1. The van der Waals surface area contributed by atoms with Gasteiger partial charge in [-0.15, -0.1) is 0 Å². The molecule has 0 atom stereocenters. The number of carbonyl (C=O) groups is 1. The van der Waals surface area contributed by atoms with Crippen LogP contribution < -0.4 is 20.7 Å². The molecule has 1 fully saturated rings. The summed E-state index contributed by atoms with van der Waals surface area (Å²) < 4.78 is 16.9. The molecule has 0 radical (unpaired) electrons. The number of amides is 1. The third-order valence-electron chi connectivity index (χ3n) is 6.25. The van der Waals surface area contributed by atoms with Gasteiger partial charge in [0, 0.05) is 49.8 Å². The second kappa shape index (κ2) is 7.58. The van der Waals surface area contributed by atoms with E-state index in [0.29, 0.717) is 60.3 Å². The number of anilines is 2. The van der Waals surface area contributed by atoms with Crippen LogP contribution in [0.4, 0.5) is 16.4 Å². The monoisotopic (exact) mass is 460 g/mol. The molecule has 1 amide bonds. The number of rotatable bonds is 3. The van der Waals surface area contributed by atoms with E-state index < -0.39 is 17.5 Å². The van der Waals surface area contributed by atoms with Gasteiger partial charge in [-0.1, -0.05) is 0 Å². The van der Waals surface area contributed by atoms with E-state index >= 15 is 0 Å². The Hall–Kier alpha value is -4.41. The highest BCUT2D eigenvalue weighted by molar-refractivity contribution is 5.87. The zero-order valence-corrected chi connectivity index (χ0v) is 18.2. The SMILES string of the molecule is Cc1cc(Oc2cc(N3CCC4(CC3)OC(=O)Nc3ncccc34)ncn2)cc2oc(=O)[nH]c12. The number of aromatic nitrogens is 4. The Morgan fingerprint density at radius 1 is 1.12 bits per heavy atom. The zero-order valence-electron chi connectivity index (χ0n) is 18.2. The van der Waals surface area contributed by atoms with Crippen molar-refractivity contribution in [3.8, 4) is 11.6 Å². The van der Waals surface area contributed by atoms with Crippen LogP contribution in [-0.4, -0.2) is 39.1 Å². The molecule has 11 nitrogen and oxygen atoms in total. The molecule has 172 valence electrons. The van der Waals surface area contributed by atoms with Crippen LogP contribution in [0.5, 0.6) is 11.6 Å². The van der Waals surface area contributed by atoms with E-state index in [1.54, 1.807) is 24.4 Å². The number of oxazole rings is 1. The van der Waals surface area contributed by atoms with Crippen molar-refractivity contribution in [3.05, 3.63) is 64.5 Å². The number of hydrogen-bond donors (Lipinski definition) is 2. The van der Waals surface area contributed by atoms with Crippen LogP contribution in [0.1, 0.15) is 24.0 Å². The highest BCUT2D eigenvalue weighted by Gasteiger charge is 2.45. The summed E-state index contributed by atoms with van der Waals surface area (Å²) >= 11 is 0. The first-order valence-corrected chi connectivity index (χ1v) is 10.8. The van der Waals surface area contributed by atoms with E-state index in [1.807, 2.05) is 19.1 Å². The number of benzene rings is 1. The van der Waals surface area contributed by atoms with Crippen molar-refractivity contribution in [2.45, 2.75) is 25.4 Å². The third kappa shape index (κ3) is 3.41. The average molecular weight is 460 g/mol. The lowest BCUT2D eigenvalue weighted by Gasteiger charge is -2.44. The second-order valence-corrected chi connectivity index (χ2v) is 8.34. The largest absolute Gasteiger partial charge is 0.439 e. The summed E-state index contributed by atoms with van der Waals surface area (Å²) in [5, 5.41) is 2.67. The number of aromatic amines is 1. The van der Waals surface area contributed by atoms with E-state index in [0.717, 1.165) is 11.1 Å². The van der Waals surface area contributed by atoms with Crippen molar-refractivity contribution in [2.24, 2.45) is 0 Å². The van der Waals surface area contributed by atoms with Crippen LogP contribution in [0, 0.1) is 6.92 Å². The third-order valence-corrected chi connectivity index (χ3v) is 6.25. The Morgan fingerprint density at radius 3 is 2.82 bits per heavy atom. The van der Waals surface area contributed by atoms with Gasteiger partial charge in [-0.3, -0.25) is 10.3 Å². The number of pyridine rings is 1. The van der Waals surface area contributed by atoms with E-state index in [2.05, 4.69) is 30.2 Å². The first kappa shape index (κ1) is 20.2. The highest BCUT2D eigenvalue weighted by Crippen LogP contribution is 2.43. The van der Waals surface area contributed by atoms with Crippen molar-refractivity contribution in [1.29, 1.82) is 0 Å². The normalized spacial score (nSPS) is 16.7. The fraction of sp³-hybridized carbons (Fsp3) is 0.261. The highest BCUT2D eigenvalue weighted by atomic mass is 16.6. The first-order valence-electron chi connectivity index (χ1n) is 10.8. The predicted molar refractivity (Wildman–Crippen MR) is 121 cm³/mol. The molecule has 0 unspecified atom stereocenters. The van der Waals surface area contributed by atoms with E-state index in [9.17, 15) is 9.59 Å². The lowest BCUT2D eigenvalue weighted by molar-refractivity contribution is -0.00853. The van der Waals surface area contributed by atoms with Crippen molar-refractivity contribution in [1.82, 2.24) is 19.9 Å². The van der Waals surface area contributed by atoms with Crippen LogP contribution >= 0.6 is 0 Å². The molecule has 0 bridgehead atoms. The number of fused-ring (bicyclic) bond motifs is 3. The molecular formula is C23H20N6O5. The lowest BCUT2D eigenvalue weighted by Crippen LogP contribution is -2.48. The minimum atomic E-state index is -0.706. The van der Waals surface area contributed by atoms with Gasteiger partial charge in [0.25, 0.3) is 0 Å². The Bertz CT molecular complexity index is 1470. The van der Waals surface area contributed by atoms with Crippen molar-refractivity contribution in [3.63, 3.8) is 0 Å². The maximum Gasteiger partial charge on any atom is 0.417 e. The smallest absolute Gasteiger partial charge is 0.417 e. The first-order chi connectivity index (χ1) is 16.5. The average Bonchev–Trinajstić information content (AvgIpc) is 3.20. The molecule has 0 saturated carbocycles. The molecule has 0 aliphatic carbocycles. The lowest BCUT2D eigenvalue weighted by atomic mass is 9.83. The molecule has 34 heavy (non-hydrogen) atoms. The van der Waals surface area contributed by atoms with Crippen LogP contribution in [0.3, 0.4) is 0 Å². The van der Waals surface area contributed by atoms with Gasteiger partial charge >= 0.3 is 11.8 Å². The molecule has 11 heteroatoms. The van der Waals surface area contributed by atoms with Gasteiger partial charge in [0.2, 0.25) is 5.88 Å². The maximum atomic E-state index is 12.1. The van der Waals surface area contributed by atoms with Crippen molar-refractivity contribution in [2.75, 3.05) is 23.3 Å². The van der Waals surface area contributed by atoms with Gasteiger partial charge in [-0.25, -0.2) is 24.5 Å². The van der Waals surface area contributed by atoms with E-state index in [1.165, 1.54) is 6.33 Å². The number of nitrogens with one attached hydrogen (secondary N) is 2. The summed E-state index contributed by atoms with van der Waals surface area (Å²) in [6.45, 7) is 3.10. The minimum Gasteiger partial charge on any atom is -0.439 e. The number of aryl methyl sites for hydroxylation is 1. The quantitative estimate of drug-likeness (QED) is 0.471. The minimum absolute atomic E-state index is 0.366. The maximum absolute atomic E-state index is 12.1. The number of ether oxygens (including phenoxy) is 2. The number of nitrogens with zero attached hydrogens (tertiary/aromatic N) is 4. The number of carbonyl (C=O) groups excluding carboxylic acids is 1. The van der Waals surface area contributed by atoms with Gasteiger partial charge in [0.1, 0.15) is 29.3 Å². The second-order valence-electron chi connectivity index (χ2n) is 8.34. The Balaban J connectivity index is 1.22. The van der Waals surface area contributed by atoms with Gasteiger partial charge in [0.15, 0.2) is 5.58 Å². The zero-order chi connectivity index (χ0) is 23.3. The Kier molecular flexibility index (Phi) is 4.51. The van der Waals surface area contributed by atoms with Crippen LogP contribution in [-0.2, 0) is 10.3 Å². The Morgan fingerprint density at radius 2 is 1.97 bits per heavy atom. The molecule has 6 rings (SSSR count). The summed E-state index contributed by atoms with van der Waals surface area (Å²) in [5.74, 6) is 1.61. The topological polar surface area (TPSA) is 135 Å². The molecule has 1 aromatic carbocycles. The van der Waals surface area contributed by atoms with E-state index in [-0.39, 0.29) is 0 Å². The van der Waals surface area contributed by atoms with E-state index in [4.69, 9.17) is 13.9 Å². The molecule has 5 heterocycles. The van der Waals surface area contributed by atoms with Crippen molar-refractivity contribution < 1.29 is 18.7 Å². The molecule has 4 aromatic rings. The van der Waals surface area contributed by atoms with Gasteiger partial charge in [-0.2, -0.15) is 0 Å². The summed E-state index contributed by atoms with van der Waals surface area (Å²) in [7, 11) is 0. The van der Waals surface area contributed by atoms with Crippen LogP contribution in [0.25, 0.3) is 11.1 Å². The van der Waals surface area contributed by atoms with Gasteiger partial charge < -0.3 is 18.8 Å². The summed E-state index contributed by atoms with van der Waals surface area (Å²) in [5.41, 5.74) is 2.06. The van der Waals surface area contributed by atoms with Crippen molar-refractivity contribution >= 4 is 28.8 Å². The fourth-order valence-electron chi connectivity index (χ4n) is 4.62. The Labute approximate surface area is 192 Å². The van der Waals surface area contributed by atoms with Crippen LogP contribution in [0.15, 0.2) is 52.1 Å². The number of H-pyrrole nitrogens is 1. The summed E-state index contributed by atoms with van der Waals surface area (Å²) in [6, 6.07) is 8.99. The molecule has 2 N–H and O–H groups in total. The summed E-state index contributed by atoms with van der Waals surface area (Å²) in [6.07, 6.45) is 3.81. The van der Waals surface area contributed by atoms with Gasteiger partial charge in [0.05, 0.1) is 5.52 Å². The predicted octanol–water partition coefficient (Wildman–Crippen LogP) is 3.46. The molecule has 2 aliphatic rings. The molecular weight excluding hydrogens is 440 g/mol. The molecule has 2 aliphatic heterocycles. The van der Waals surface area contributed by atoms with Gasteiger partial charge in [-0.05, 0) is 30.7 Å². The molecule has 1 saturated heterocycles. The summed E-state index contributed by atoms with van der Waals surface area (Å²) in [4.78, 5) is 41.3. The fourth-order valence-corrected chi connectivity index (χ4v) is 4.62.